The van der Waals surface area contributed by atoms with Crippen LogP contribution in [0.4, 0.5) is 11.4 Å². The van der Waals surface area contributed by atoms with Gasteiger partial charge in [0, 0.05) is 23.4 Å². The van der Waals surface area contributed by atoms with E-state index in [-0.39, 0.29) is 29.0 Å². The maximum absolute atomic E-state index is 12.7. The number of nitrogens with one attached hydrogen (secondary N) is 1. The second-order valence-corrected chi connectivity index (χ2v) is 6.47. The third-order valence-corrected chi connectivity index (χ3v) is 4.32. The highest BCUT2D eigenvalue weighted by Gasteiger charge is 2.15. The minimum absolute atomic E-state index is 0.0578. The molecular weight excluding hydrogens is 396 g/mol. The number of nitrogens with zero attached hydrogens (tertiary/aromatic N) is 3. The minimum atomic E-state index is -0.692. The Kier molecular flexibility index (Phi) is 5.71. The first-order valence-corrected chi connectivity index (χ1v) is 8.70. The lowest BCUT2D eigenvalue weighted by Crippen LogP contribution is -2.29. The number of carbonyl (C=O) groups excluding carboxylic acids is 1. The fraction of sp³-hybridized carbons (Fsp3) is 0.0500. The van der Waals surface area contributed by atoms with Crippen LogP contribution in [-0.2, 0) is 6.54 Å². The lowest BCUT2D eigenvalue weighted by atomic mass is 10.1. The molecule has 0 saturated carbocycles. The first-order chi connectivity index (χ1) is 13.9. The number of nitro benzene ring substituents is 1. The van der Waals surface area contributed by atoms with Crippen molar-refractivity contribution < 1.29 is 9.72 Å². The number of nitro groups is 1. The van der Waals surface area contributed by atoms with Crippen molar-refractivity contribution >= 4 is 28.9 Å². The van der Waals surface area contributed by atoms with E-state index >= 15 is 0 Å². The van der Waals surface area contributed by atoms with E-state index in [0.717, 1.165) is 0 Å². The summed E-state index contributed by atoms with van der Waals surface area (Å²) in [6, 6.07) is 15.1. The van der Waals surface area contributed by atoms with Crippen molar-refractivity contribution in [1.29, 1.82) is 5.26 Å². The highest BCUT2D eigenvalue weighted by molar-refractivity contribution is 6.31. The largest absolute Gasteiger partial charge is 0.321 e. The third kappa shape index (κ3) is 4.48. The van der Waals surface area contributed by atoms with Gasteiger partial charge in [-0.25, -0.2) is 0 Å². The summed E-state index contributed by atoms with van der Waals surface area (Å²) in [4.78, 5) is 35.7. The van der Waals surface area contributed by atoms with E-state index in [2.05, 4.69) is 5.32 Å². The minimum Gasteiger partial charge on any atom is -0.321 e. The van der Waals surface area contributed by atoms with Gasteiger partial charge in [-0.2, -0.15) is 5.26 Å². The molecule has 3 aromatic rings. The Labute approximate surface area is 169 Å². The van der Waals surface area contributed by atoms with Crippen molar-refractivity contribution in [2.75, 3.05) is 5.32 Å². The number of rotatable bonds is 5. The van der Waals surface area contributed by atoms with Gasteiger partial charge in [0.25, 0.3) is 17.2 Å². The zero-order chi connectivity index (χ0) is 21.0. The smallest absolute Gasteiger partial charge is 0.269 e. The fourth-order valence-corrected chi connectivity index (χ4v) is 2.88. The number of aromatic nitrogens is 1. The van der Waals surface area contributed by atoms with Crippen LogP contribution in [0.5, 0.6) is 0 Å². The highest BCUT2D eigenvalue weighted by atomic mass is 35.5. The Hall–Kier alpha value is -3.96. The average molecular weight is 409 g/mol. The van der Waals surface area contributed by atoms with Crippen molar-refractivity contribution in [2.45, 2.75) is 6.54 Å². The standard InChI is InChI=1S/C20H13ClN4O4/c21-15-7-6-14(11-22)18(10-15)23-19(26)17-5-2-8-24(20(17)27)12-13-3-1-4-16(9-13)25(28)29/h1-10H,12H2,(H,23,26). The van der Waals surface area contributed by atoms with Crippen molar-refractivity contribution in [1.82, 2.24) is 4.57 Å². The summed E-state index contributed by atoms with van der Waals surface area (Å²) in [6.45, 7) is 0.0578. The fourth-order valence-electron chi connectivity index (χ4n) is 2.71. The number of non-ortho nitro benzene ring substituents is 1. The summed E-state index contributed by atoms with van der Waals surface area (Å²) >= 11 is 5.91. The number of amides is 1. The molecule has 0 bridgehead atoms. The second-order valence-electron chi connectivity index (χ2n) is 6.04. The Balaban J connectivity index is 1.89. The van der Waals surface area contributed by atoms with Gasteiger partial charge >= 0.3 is 0 Å². The van der Waals surface area contributed by atoms with Crippen molar-refractivity contribution in [3.63, 3.8) is 0 Å². The Morgan fingerprint density at radius 3 is 2.72 bits per heavy atom. The molecule has 2 aromatic carbocycles. The molecular formula is C20H13ClN4O4. The van der Waals surface area contributed by atoms with Gasteiger partial charge < -0.3 is 9.88 Å². The van der Waals surface area contributed by atoms with Crippen LogP contribution >= 0.6 is 11.6 Å². The first kappa shape index (κ1) is 19.8. The lowest BCUT2D eigenvalue weighted by molar-refractivity contribution is -0.384. The summed E-state index contributed by atoms with van der Waals surface area (Å²) in [6.07, 6.45) is 1.48. The van der Waals surface area contributed by atoms with Crippen LogP contribution in [0.25, 0.3) is 0 Å². The molecule has 1 heterocycles. The molecule has 1 amide bonds. The molecule has 0 aliphatic heterocycles. The van der Waals surface area contributed by atoms with Crippen LogP contribution in [0.2, 0.25) is 5.02 Å². The molecule has 8 nitrogen and oxygen atoms in total. The number of anilines is 1. The van der Waals surface area contributed by atoms with Crippen LogP contribution in [0.3, 0.4) is 0 Å². The molecule has 29 heavy (non-hydrogen) atoms. The topological polar surface area (TPSA) is 118 Å². The van der Waals surface area contributed by atoms with Gasteiger partial charge in [-0.3, -0.25) is 19.7 Å². The molecule has 0 atom stereocenters. The third-order valence-electron chi connectivity index (χ3n) is 4.09. The van der Waals surface area contributed by atoms with Gasteiger partial charge in [0.1, 0.15) is 11.6 Å². The predicted molar refractivity (Wildman–Crippen MR) is 107 cm³/mol. The SMILES string of the molecule is N#Cc1ccc(Cl)cc1NC(=O)c1cccn(Cc2cccc([N+](=O)[O-])c2)c1=O. The van der Waals surface area contributed by atoms with Gasteiger partial charge in [0.05, 0.1) is 22.7 Å². The van der Waals surface area contributed by atoms with Crippen LogP contribution in [0, 0.1) is 21.4 Å². The quantitative estimate of drug-likeness (QED) is 0.511. The molecule has 144 valence electrons. The molecule has 0 radical (unpaired) electrons. The maximum Gasteiger partial charge on any atom is 0.269 e. The molecule has 0 aliphatic carbocycles. The van der Waals surface area contributed by atoms with E-state index in [9.17, 15) is 19.7 Å². The van der Waals surface area contributed by atoms with E-state index in [1.807, 2.05) is 6.07 Å². The number of carbonyl (C=O) groups is 1. The van der Waals surface area contributed by atoms with Gasteiger partial charge in [-0.15, -0.1) is 0 Å². The number of hydrogen-bond acceptors (Lipinski definition) is 5. The van der Waals surface area contributed by atoms with E-state index in [1.165, 1.54) is 59.3 Å². The van der Waals surface area contributed by atoms with Crippen molar-refractivity contribution in [3.05, 3.63) is 103 Å². The van der Waals surface area contributed by atoms with E-state index in [0.29, 0.717) is 10.6 Å². The van der Waals surface area contributed by atoms with E-state index in [4.69, 9.17) is 16.9 Å². The van der Waals surface area contributed by atoms with Crippen molar-refractivity contribution in [3.8, 4) is 6.07 Å². The summed E-state index contributed by atoms with van der Waals surface area (Å²) < 4.78 is 1.27. The summed E-state index contributed by atoms with van der Waals surface area (Å²) in [5.74, 6) is -0.692. The summed E-state index contributed by atoms with van der Waals surface area (Å²) in [5.41, 5.74) is 0.142. The van der Waals surface area contributed by atoms with E-state index in [1.54, 1.807) is 6.07 Å². The number of hydrogen-bond donors (Lipinski definition) is 1. The maximum atomic E-state index is 12.7. The van der Waals surface area contributed by atoms with Crippen LogP contribution in [0.1, 0.15) is 21.5 Å². The van der Waals surface area contributed by atoms with Gasteiger partial charge in [0.2, 0.25) is 0 Å². The van der Waals surface area contributed by atoms with Gasteiger partial charge in [0.15, 0.2) is 0 Å². The number of benzene rings is 2. The number of pyridine rings is 1. The number of halogens is 1. The Bertz CT molecular complexity index is 1210. The predicted octanol–water partition coefficient (Wildman–Crippen LogP) is 3.58. The molecule has 0 fully saturated rings. The number of nitriles is 1. The second kappa shape index (κ2) is 8.37. The molecule has 0 unspecified atom stereocenters. The lowest BCUT2D eigenvalue weighted by Gasteiger charge is -2.10. The summed E-state index contributed by atoms with van der Waals surface area (Å²) in [5, 5.41) is 22.9. The van der Waals surface area contributed by atoms with Gasteiger partial charge in [-0.1, -0.05) is 23.7 Å². The zero-order valence-corrected chi connectivity index (χ0v) is 15.6. The summed E-state index contributed by atoms with van der Waals surface area (Å²) in [7, 11) is 0. The van der Waals surface area contributed by atoms with Crippen LogP contribution < -0.4 is 10.9 Å². The molecule has 0 saturated heterocycles. The molecule has 1 aromatic heterocycles. The van der Waals surface area contributed by atoms with Crippen LogP contribution in [0.15, 0.2) is 65.6 Å². The molecule has 3 rings (SSSR count). The molecule has 1 N–H and O–H groups in total. The first-order valence-electron chi connectivity index (χ1n) is 8.33. The average Bonchev–Trinajstić information content (AvgIpc) is 2.70. The normalized spacial score (nSPS) is 10.2. The zero-order valence-electron chi connectivity index (χ0n) is 14.8. The Morgan fingerprint density at radius 1 is 1.21 bits per heavy atom. The molecule has 9 heteroatoms. The van der Waals surface area contributed by atoms with Crippen molar-refractivity contribution in [2.24, 2.45) is 0 Å². The molecule has 0 spiro atoms. The van der Waals surface area contributed by atoms with Crippen LogP contribution in [-0.4, -0.2) is 15.4 Å². The highest BCUT2D eigenvalue weighted by Crippen LogP contribution is 2.21. The monoisotopic (exact) mass is 408 g/mol. The van der Waals surface area contributed by atoms with Gasteiger partial charge in [-0.05, 0) is 35.9 Å². The Morgan fingerprint density at radius 2 is 2.00 bits per heavy atom. The molecule has 0 aliphatic rings. The van der Waals surface area contributed by atoms with E-state index < -0.39 is 16.4 Å².